The van der Waals surface area contributed by atoms with Crippen LogP contribution in [0, 0.1) is 0 Å². The molecule has 0 aliphatic rings. The molecule has 1 amide bonds. The van der Waals surface area contributed by atoms with E-state index in [1.54, 1.807) is 29.2 Å². The first kappa shape index (κ1) is 11.7. The van der Waals surface area contributed by atoms with Crippen LogP contribution < -0.4 is 5.32 Å². The van der Waals surface area contributed by atoms with E-state index in [4.69, 9.17) is 5.11 Å². The molecule has 0 aliphatic carbocycles. The van der Waals surface area contributed by atoms with Crippen LogP contribution in [0.15, 0.2) is 29.2 Å². The molecule has 2 aromatic heterocycles. The van der Waals surface area contributed by atoms with Crippen LogP contribution in [0.5, 0.6) is 0 Å². The lowest BCUT2D eigenvalue weighted by atomic mass is 10.2. The fourth-order valence-electron chi connectivity index (χ4n) is 1.35. The minimum atomic E-state index is -0.235. The Morgan fingerprint density at radius 2 is 2.35 bits per heavy atom. The number of nitrogens with zero attached hydrogens (tertiary/aromatic N) is 2. The van der Waals surface area contributed by atoms with Crippen molar-refractivity contribution >= 4 is 17.2 Å². The van der Waals surface area contributed by atoms with Crippen molar-refractivity contribution in [2.75, 3.05) is 0 Å². The molecule has 0 bridgehead atoms. The number of hydrogen-bond donors (Lipinski definition) is 2. The summed E-state index contributed by atoms with van der Waals surface area (Å²) < 4.78 is 0. The van der Waals surface area contributed by atoms with Crippen molar-refractivity contribution < 1.29 is 9.90 Å². The standard InChI is InChI=1S/C11H11N3O2S/c15-5-8-2-1-3-12-9(8)4-13-11(16)10-6-17-7-14-10/h1-3,6-7,15H,4-5H2,(H,13,16). The Morgan fingerprint density at radius 1 is 1.47 bits per heavy atom. The summed E-state index contributed by atoms with van der Waals surface area (Å²) in [6, 6.07) is 3.52. The third kappa shape index (κ3) is 2.86. The van der Waals surface area contributed by atoms with Gasteiger partial charge in [0.05, 0.1) is 24.4 Å². The highest BCUT2D eigenvalue weighted by Crippen LogP contribution is 2.06. The summed E-state index contributed by atoms with van der Waals surface area (Å²) in [5, 5.41) is 13.5. The van der Waals surface area contributed by atoms with Gasteiger partial charge in [-0.3, -0.25) is 9.78 Å². The van der Waals surface area contributed by atoms with Crippen molar-refractivity contribution in [1.29, 1.82) is 0 Å². The van der Waals surface area contributed by atoms with Crippen LogP contribution in [0.1, 0.15) is 21.7 Å². The average Bonchev–Trinajstić information content (AvgIpc) is 2.90. The summed E-state index contributed by atoms with van der Waals surface area (Å²) in [6.45, 7) is 0.197. The predicted octanol–water partition coefficient (Wildman–Crippen LogP) is 0.960. The number of rotatable bonds is 4. The molecule has 17 heavy (non-hydrogen) atoms. The Hall–Kier alpha value is -1.79. The van der Waals surface area contributed by atoms with E-state index in [1.807, 2.05) is 0 Å². The normalized spacial score (nSPS) is 10.2. The van der Waals surface area contributed by atoms with Crippen molar-refractivity contribution in [3.63, 3.8) is 0 Å². The number of carbonyl (C=O) groups is 1. The molecule has 0 aliphatic heterocycles. The van der Waals surface area contributed by atoms with Gasteiger partial charge >= 0.3 is 0 Å². The number of carbonyl (C=O) groups excluding carboxylic acids is 1. The van der Waals surface area contributed by atoms with Crippen LogP contribution in [0.25, 0.3) is 0 Å². The van der Waals surface area contributed by atoms with Crippen LogP contribution in [-0.4, -0.2) is 21.0 Å². The van der Waals surface area contributed by atoms with Gasteiger partial charge in [-0.25, -0.2) is 4.98 Å². The van der Waals surface area contributed by atoms with Gasteiger partial charge in [-0.15, -0.1) is 11.3 Å². The Kier molecular flexibility index (Phi) is 3.79. The summed E-state index contributed by atoms with van der Waals surface area (Å²) in [7, 11) is 0. The van der Waals surface area contributed by atoms with Crippen molar-refractivity contribution in [3.8, 4) is 0 Å². The van der Waals surface area contributed by atoms with E-state index in [-0.39, 0.29) is 19.1 Å². The minimum absolute atomic E-state index is 0.0876. The zero-order valence-corrected chi connectivity index (χ0v) is 9.78. The molecular formula is C11H11N3O2S. The first-order valence-corrected chi connectivity index (χ1v) is 5.95. The second-order valence-electron chi connectivity index (χ2n) is 3.32. The monoisotopic (exact) mass is 249 g/mol. The Morgan fingerprint density at radius 3 is 3.06 bits per heavy atom. The minimum Gasteiger partial charge on any atom is -0.392 e. The summed E-state index contributed by atoms with van der Waals surface area (Å²) in [4.78, 5) is 19.6. The van der Waals surface area contributed by atoms with Crippen LogP contribution >= 0.6 is 11.3 Å². The summed E-state index contributed by atoms with van der Waals surface area (Å²) >= 11 is 1.37. The molecule has 2 aromatic rings. The smallest absolute Gasteiger partial charge is 0.271 e. The summed E-state index contributed by atoms with van der Waals surface area (Å²) in [5.41, 5.74) is 3.38. The molecular weight excluding hydrogens is 238 g/mol. The van der Waals surface area contributed by atoms with E-state index >= 15 is 0 Å². The number of nitrogens with one attached hydrogen (secondary N) is 1. The lowest BCUT2D eigenvalue weighted by Gasteiger charge is -2.06. The molecule has 0 unspecified atom stereocenters. The molecule has 0 fully saturated rings. The highest BCUT2D eigenvalue weighted by molar-refractivity contribution is 7.07. The van der Waals surface area contributed by atoms with Crippen LogP contribution in [-0.2, 0) is 13.2 Å². The third-order valence-corrected chi connectivity index (χ3v) is 2.82. The van der Waals surface area contributed by atoms with Crippen molar-refractivity contribution in [2.45, 2.75) is 13.2 Å². The molecule has 6 heteroatoms. The summed E-state index contributed by atoms with van der Waals surface area (Å²) in [5.74, 6) is -0.235. The van der Waals surface area contributed by atoms with E-state index < -0.39 is 0 Å². The first-order chi connectivity index (χ1) is 8.31. The lowest BCUT2D eigenvalue weighted by Crippen LogP contribution is -2.24. The van der Waals surface area contributed by atoms with Gasteiger partial charge in [0.2, 0.25) is 0 Å². The first-order valence-electron chi connectivity index (χ1n) is 5.01. The van der Waals surface area contributed by atoms with E-state index in [0.717, 1.165) is 0 Å². The Labute approximate surface area is 102 Å². The largest absolute Gasteiger partial charge is 0.392 e. The van der Waals surface area contributed by atoms with Crippen LogP contribution in [0.4, 0.5) is 0 Å². The lowest BCUT2D eigenvalue weighted by molar-refractivity contribution is 0.0946. The molecule has 0 radical (unpaired) electrons. The van der Waals surface area contributed by atoms with Crippen LogP contribution in [0.2, 0.25) is 0 Å². The van der Waals surface area contributed by atoms with Crippen molar-refractivity contribution in [1.82, 2.24) is 15.3 Å². The molecule has 0 saturated carbocycles. The second-order valence-corrected chi connectivity index (χ2v) is 4.04. The zero-order valence-electron chi connectivity index (χ0n) is 8.96. The maximum Gasteiger partial charge on any atom is 0.271 e. The van der Waals surface area contributed by atoms with E-state index in [2.05, 4.69) is 15.3 Å². The predicted molar refractivity (Wildman–Crippen MR) is 63.4 cm³/mol. The average molecular weight is 249 g/mol. The molecule has 5 nitrogen and oxygen atoms in total. The molecule has 0 aromatic carbocycles. The van der Waals surface area contributed by atoms with Crippen molar-refractivity contribution in [3.05, 3.63) is 46.2 Å². The molecule has 0 spiro atoms. The molecule has 2 rings (SSSR count). The second kappa shape index (κ2) is 5.51. The van der Waals surface area contributed by atoms with Gasteiger partial charge in [-0.2, -0.15) is 0 Å². The van der Waals surface area contributed by atoms with Crippen LogP contribution in [0.3, 0.4) is 0 Å². The number of pyridine rings is 1. The molecule has 88 valence electrons. The number of aliphatic hydroxyl groups is 1. The van der Waals surface area contributed by atoms with E-state index in [1.165, 1.54) is 11.3 Å². The van der Waals surface area contributed by atoms with Gasteiger partial charge in [0, 0.05) is 17.1 Å². The molecule has 2 N–H and O–H groups in total. The SMILES string of the molecule is O=C(NCc1ncccc1CO)c1cscn1. The van der Waals surface area contributed by atoms with E-state index in [9.17, 15) is 4.79 Å². The van der Waals surface area contributed by atoms with Crippen molar-refractivity contribution in [2.24, 2.45) is 0 Å². The van der Waals surface area contributed by atoms with Gasteiger partial charge in [0.25, 0.3) is 5.91 Å². The van der Waals surface area contributed by atoms with Gasteiger partial charge in [0.1, 0.15) is 5.69 Å². The number of hydrogen-bond acceptors (Lipinski definition) is 5. The fourth-order valence-corrected chi connectivity index (χ4v) is 1.89. The highest BCUT2D eigenvalue weighted by atomic mass is 32.1. The van der Waals surface area contributed by atoms with Gasteiger partial charge < -0.3 is 10.4 Å². The fraction of sp³-hybridized carbons (Fsp3) is 0.182. The number of aliphatic hydroxyl groups excluding tert-OH is 1. The molecule has 0 atom stereocenters. The maximum atomic E-state index is 11.6. The quantitative estimate of drug-likeness (QED) is 0.846. The Balaban J connectivity index is 2.00. The number of thiazole rings is 1. The number of aromatic nitrogens is 2. The topological polar surface area (TPSA) is 75.1 Å². The Bertz CT molecular complexity index is 499. The molecule has 2 heterocycles. The highest BCUT2D eigenvalue weighted by Gasteiger charge is 2.08. The van der Waals surface area contributed by atoms with Gasteiger partial charge in [-0.05, 0) is 6.07 Å². The third-order valence-electron chi connectivity index (χ3n) is 2.24. The summed E-state index contributed by atoms with van der Waals surface area (Å²) in [6.07, 6.45) is 1.63. The zero-order chi connectivity index (χ0) is 12.1. The molecule has 0 saturated heterocycles. The van der Waals surface area contributed by atoms with Gasteiger partial charge in [0.15, 0.2) is 0 Å². The maximum absolute atomic E-state index is 11.6. The van der Waals surface area contributed by atoms with E-state index in [0.29, 0.717) is 17.0 Å². The van der Waals surface area contributed by atoms with Gasteiger partial charge in [-0.1, -0.05) is 6.07 Å². The number of amides is 1.